The number of piperazine rings is 1. The number of fused-ring (bicyclic) bond motifs is 1. The highest BCUT2D eigenvalue weighted by molar-refractivity contribution is 5.92. The first-order chi connectivity index (χ1) is 16.4. The van der Waals surface area contributed by atoms with E-state index in [9.17, 15) is 18.8 Å². The predicted octanol–water partition coefficient (Wildman–Crippen LogP) is 1.63. The number of carbonyl (C=O) groups excluding carboxylic acids is 1. The predicted molar refractivity (Wildman–Crippen MR) is 127 cm³/mol. The zero-order chi connectivity index (χ0) is 23.8. The highest BCUT2D eigenvalue weighted by Gasteiger charge is 2.24. The van der Waals surface area contributed by atoms with Gasteiger partial charge in [0, 0.05) is 45.8 Å². The molecular formula is C24H27FN6O3. The Morgan fingerprint density at radius 3 is 2.56 bits per heavy atom. The van der Waals surface area contributed by atoms with E-state index >= 15 is 0 Å². The van der Waals surface area contributed by atoms with Gasteiger partial charge in [0.05, 0.1) is 16.6 Å². The Labute approximate surface area is 195 Å². The first kappa shape index (κ1) is 22.3. The third-order valence-corrected chi connectivity index (χ3v) is 6.84. The molecule has 1 aliphatic heterocycles. The molecule has 0 atom stereocenters. The number of pyridine rings is 1. The molecular weight excluding hydrogens is 439 g/mol. The van der Waals surface area contributed by atoms with Crippen LogP contribution in [0, 0.1) is 5.95 Å². The fourth-order valence-electron chi connectivity index (χ4n) is 4.68. The van der Waals surface area contributed by atoms with E-state index in [1.165, 1.54) is 17.7 Å². The van der Waals surface area contributed by atoms with Gasteiger partial charge in [-0.3, -0.25) is 19.1 Å². The zero-order valence-electron chi connectivity index (χ0n) is 19.0. The third-order valence-electron chi connectivity index (χ3n) is 6.84. The molecule has 2 fully saturated rings. The van der Waals surface area contributed by atoms with E-state index in [0.717, 1.165) is 24.8 Å². The molecule has 1 aromatic carbocycles. The number of hydrogen-bond acceptors (Lipinski definition) is 6. The summed E-state index contributed by atoms with van der Waals surface area (Å²) in [6.07, 6.45) is 2.79. The fraction of sp³-hybridized carbons (Fsp3) is 0.417. The summed E-state index contributed by atoms with van der Waals surface area (Å²) in [6, 6.07) is 8.73. The molecule has 10 heteroatoms. The van der Waals surface area contributed by atoms with Crippen LogP contribution < -0.4 is 21.5 Å². The summed E-state index contributed by atoms with van der Waals surface area (Å²) in [7, 11) is 1.48. The molecule has 3 aromatic rings. The summed E-state index contributed by atoms with van der Waals surface area (Å²) in [6.45, 7) is 3.33. The summed E-state index contributed by atoms with van der Waals surface area (Å²) in [5.41, 5.74) is 1.44. The molecule has 1 saturated carbocycles. The number of aromatic amines is 1. The lowest BCUT2D eigenvalue weighted by atomic mass is 9.93. The zero-order valence-corrected chi connectivity index (χ0v) is 19.0. The minimum absolute atomic E-state index is 0.0108. The number of carbonyl (C=O) groups is 1. The SMILES string of the molecule is CNC(=O)c1ccc(N2CCN(Cc3ccc4c(=O)n(C5CCC5)c(=O)[nH]c4c3)CC2)c(F)n1. The summed E-state index contributed by atoms with van der Waals surface area (Å²) in [4.78, 5) is 47.8. The highest BCUT2D eigenvalue weighted by atomic mass is 19.1. The molecule has 2 aliphatic rings. The first-order valence-electron chi connectivity index (χ1n) is 11.6. The minimum atomic E-state index is -0.652. The van der Waals surface area contributed by atoms with Crippen molar-refractivity contribution in [3.63, 3.8) is 0 Å². The molecule has 0 unspecified atom stereocenters. The van der Waals surface area contributed by atoms with Gasteiger partial charge in [-0.05, 0) is 49.1 Å². The van der Waals surface area contributed by atoms with Crippen molar-refractivity contribution < 1.29 is 9.18 Å². The third kappa shape index (κ3) is 4.09. The lowest BCUT2D eigenvalue weighted by Crippen LogP contribution is -2.46. The van der Waals surface area contributed by atoms with E-state index in [1.54, 1.807) is 12.1 Å². The minimum Gasteiger partial charge on any atom is -0.365 e. The van der Waals surface area contributed by atoms with Crippen LogP contribution in [0.3, 0.4) is 0 Å². The van der Waals surface area contributed by atoms with Crippen molar-refractivity contribution in [2.75, 3.05) is 38.1 Å². The van der Waals surface area contributed by atoms with Gasteiger partial charge in [-0.15, -0.1) is 0 Å². The van der Waals surface area contributed by atoms with Crippen molar-refractivity contribution in [1.29, 1.82) is 0 Å². The van der Waals surface area contributed by atoms with Gasteiger partial charge in [-0.1, -0.05) is 6.07 Å². The van der Waals surface area contributed by atoms with Crippen LogP contribution in [0.4, 0.5) is 10.1 Å². The van der Waals surface area contributed by atoms with Gasteiger partial charge in [0.1, 0.15) is 5.69 Å². The molecule has 0 radical (unpaired) electrons. The van der Waals surface area contributed by atoms with Crippen molar-refractivity contribution in [1.82, 2.24) is 24.8 Å². The largest absolute Gasteiger partial charge is 0.365 e. The smallest absolute Gasteiger partial charge is 0.329 e. The van der Waals surface area contributed by atoms with E-state index in [4.69, 9.17) is 0 Å². The number of hydrogen-bond donors (Lipinski definition) is 2. The molecule has 9 nitrogen and oxygen atoms in total. The summed E-state index contributed by atoms with van der Waals surface area (Å²) >= 11 is 0. The molecule has 1 aliphatic carbocycles. The molecule has 0 bridgehead atoms. The maximum atomic E-state index is 14.5. The number of nitrogens with zero attached hydrogens (tertiary/aromatic N) is 4. The van der Waals surface area contributed by atoms with Gasteiger partial charge >= 0.3 is 5.69 Å². The second kappa shape index (κ2) is 9.02. The molecule has 178 valence electrons. The summed E-state index contributed by atoms with van der Waals surface area (Å²) < 4.78 is 15.9. The number of nitrogens with one attached hydrogen (secondary N) is 2. The van der Waals surface area contributed by atoms with E-state index in [1.807, 2.05) is 17.0 Å². The lowest BCUT2D eigenvalue weighted by Gasteiger charge is -2.36. The Morgan fingerprint density at radius 2 is 1.91 bits per heavy atom. The molecule has 1 saturated heterocycles. The maximum absolute atomic E-state index is 14.5. The highest BCUT2D eigenvalue weighted by Crippen LogP contribution is 2.29. The number of halogens is 1. The topological polar surface area (TPSA) is 103 Å². The number of H-pyrrole nitrogens is 1. The Morgan fingerprint density at radius 1 is 1.15 bits per heavy atom. The quantitative estimate of drug-likeness (QED) is 0.554. The van der Waals surface area contributed by atoms with Gasteiger partial charge < -0.3 is 15.2 Å². The summed E-state index contributed by atoms with van der Waals surface area (Å²) in [5, 5.41) is 2.97. The summed E-state index contributed by atoms with van der Waals surface area (Å²) in [5.74, 6) is -1.07. The van der Waals surface area contributed by atoms with E-state index < -0.39 is 11.9 Å². The van der Waals surface area contributed by atoms with E-state index in [-0.39, 0.29) is 23.0 Å². The number of rotatable bonds is 5. The standard InChI is InChI=1S/C24H27FN6O3/c1-26-22(32)18-7-8-20(21(25)27-18)30-11-9-29(10-12-30)14-15-5-6-17-19(13-15)28-24(34)31(23(17)33)16-3-2-4-16/h5-8,13,16H,2-4,9-12,14H2,1H3,(H,26,32)(H,28,34). The number of anilines is 1. The maximum Gasteiger partial charge on any atom is 0.329 e. The Bertz CT molecular complexity index is 1360. The Balaban J connectivity index is 1.26. The van der Waals surface area contributed by atoms with Crippen molar-refractivity contribution in [3.05, 3.63) is 68.4 Å². The van der Waals surface area contributed by atoms with Crippen molar-refractivity contribution in [3.8, 4) is 0 Å². The average Bonchev–Trinajstić information content (AvgIpc) is 2.80. The molecule has 5 rings (SSSR count). The molecule has 2 aromatic heterocycles. The van der Waals surface area contributed by atoms with Crippen LogP contribution in [-0.2, 0) is 6.54 Å². The number of aromatic nitrogens is 3. The normalized spacial score (nSPS) is 17.1. The van der Waals surface area contributed by atoms with Crippen LogP contribution in [-0.4, -0.2) is 58.6 Å². The van der Waals surface area contributed by atoms with Crippen molar-refractivity contribution in [2.24, 2.45) is 0 Å². The second-order valence-corrected chi connectivity index (χ2v) is 8.92. The van der Waals surface area contributed by atoms with Crippen LogP contribution >= 0.6 is 0 Å². The lowest BCUT2D eigenvalue weighted by molar-refractivity contribution is 0.0957. The monoisotopic (exact) mass is 466 g/mol. The Kier molecular flexibility index (Phi) is 5.91. The molecule has 2 N–H and O–H groups in total. The molecule has 34 heavy (non-hydrogen) atoms. The average molecular weight is 467 g/mol. The molecule has 3 heterocycles. The van der Waals surface area contributed by atoms with Gasteiger partial charge in [0.25, 0.3) is 11.5 Å². The van der Waals surface area contributed by atoms with Crippen molar-refractivity contribution >= 4 is 22.5 Å². The van der Waals surface area contributed by atoms with Crippen LogP contribution in [0.1, 0.15) is 41.4 Å². The fourth-order valence-corrected chi connectivity index (χ4v) is 4.68. The van der Waals surface area contributed by atoms with Gasteiger partial charge in [0.15, 0.2) is 0 Å². The van der Waals surface area contributed by atoms with E-state index in [0.29, 0.717) is 49.3 Å². The van der Waals surface area contributed by atoms with Crippen molar-refractivity contribution in [2.45, 2.75) is 31.8 Å². The van der Waals surface area contributed by atoms with Crippen LogP contribution in [0.25, 0.3) is 10.9 Å². The van der Waals surface area contributed by atoms with Crippen LogP contribution in [0.15, 0.2) is 39.9 Å². The molecule has 0 spiro atoms. The molecule has 1 amide bonds. The van der Waals surface area contributed by atoms with E-state index in [2.05, 4.69) is 20.2 Å². The van der Waals surface area contributed by atoms with Gasteiger partial charge in [-0.2, -0.15) is 4.39 Å². The number of benzene rings is 1. The van der Waals surface area contributed by atoms with Crippen LogP contribution in [0.2, 0.25) is 0 Å². The second-order valence-electron chi connectivity index (χ2n) is 8.92. The Hall–Kier alpha value is -3.53. The first-order valence-corrected chi connectivity index (χ1v) is 11.6. The van der Waals surface area contributed by atoms with Gasteiger partial charge in [-0.25, -0.2) is 9.78 Å². The van der Waals surface area contributed by atoms with Crippen LogP contribution in [0.5, 0.6) is 0 Å². The van der Waals surface area contributed by atoms with Gasteiger partial charge in [0.2, 0.25) is 5.95 Å². The number of amides is 1.